The van der Waals surface area contributed by atoms with Gasteiger partial charge in [-0.05, 0) is 43.9 Å². The Morgan fingerprint density at radius 1 is 1.16 bits per heavy atom. The van der Waals surface area contributed by atoms with Crippen molar-refractivity contribution in [2.45, 2.75) is 58.5 Å². The predicted molar refractivity (Wildman–Crippen MR) is 102 cm³/mol. The van der Waals surface area contributed by atoms with E-state index in [4.69, 9.17) is 5.73 Å². The number of nitrogens with one attached hydrogen (secondary N) is 1. The van der Waals surface area contributed by atoms with E-state index in [2.05, 4.69) is 45.1 Å². The van der Waals surface area contributed by atoms with Crippen LogP contribution in [0.2, 0.25) is 0 Å². The minimum Gasteiger partial charge on any atom is -0.368 e. The van der Waals surface area contributed by atoms with Crippen LogP contribution in [0.25, 0.3) is 0 Å². The number of aromatic nitrogens is 3. The Hall–Kier alpha value is -2.21. The van der Waals surface area contributed by atoms with E-state index in [0.717, 1.165) is 37.4 Å². The van der Waals surface area contributed by atoms with Crippen LogP contribution in [0.4, 0.5) is 17.6 Å². The molecule has 0 saturated carbocycles. The molecule has 1 aliphatic rings. The first-order valence-corrected chi connectivity index (χ1v) is 9.29. The highest BCUT2D eigenvalue weighted by molar-refractivity contribution is 5.58. The summed E-state index contributed by atoms with van der Waals surface area (Å²) in [6.45, 7) is 6.22. The molecule has 1 aromatic heterocycles. The smallest absolute Gasteiger partial charge is 0.232 e. The first-order chi connectivity index (χ1) is 12.2. The van der Waals surface area contributed by atoms with Crippen LogP contribution in [-0.4, -0.2) is 32.4 Å². The normalized spacial score (nSPS) is 18.2. The number of hydrogen-bond donors (Lipinski definition) is 2. The summed E-state index contributed by atoms with van der Waals surface area (Å²) in [6.07, 6.45) is 5.92. The molecule has 0 radical (unpaired) electrons. The number of aryl methyl sites for hydroxylation is 1. The van der Waals surface area contributed by atoms with Crippen LogP contribution in [-0.2, 0) is 13.0 Å². The van der Waals surface area contributed by atoms with E-state index < -0.39 is 0 Å². The van der Waals surface area contributed by atoms with Crippen LogP contribution in [0.3, 0.4) is 0 Å². The summed E-state index contributed by atoms with van der Waals surface area (Å²) in [4.78, 5) is 15.7. The largest absolute Gasteiger partial charge is 0.368 e. The molecule has 3 rings (SSSR count). The predicted octanol–water partition coefficient (Wildman–Crippen LogP) is 3.52. The molecule has 6 nitrogen and oxygen atoms in total. The fourth-order valence-corrected chi connectivity index (χ4v) is 3.55. The zero-order valence-corrected chi connectivity index (χ0v) is 15.2. The lowest BCUT2D eigenvalue weighted by Gasteiger charge is -2.34. The molecule has 1 unspecified atom stereocenters. The van der Waals surface area contributed by atoms with Gasteiger partial charge in [-0.1, -0.05) is 38.5 Å². The van der Waals surface area contributed by atoms with Gasteiger partial charge in [0.2, 0.25) is 11.9 Å². The second-order valence-corrected chi connectivity index (χ2v) is 6.60. The summed E-state index contributed by atoms with van der Waals surface area (Å²) >= 11 is 0. The Morgan fingerprint density at radius 2 is 2.00 bits per heavy atom. The monoisotopic (exact) mass is 340 g/mol. The second-order valence-electron chi connectivity index (χ2n) is 6.60. The van der Waals surface area contributed by atoms with Gasteiger partial charge >= 0.3 is 0 Å². The quantitative estimate of drug-likeness (QED) is 0.837. The maximum atomic E-state index is 5.94. The maximum Gasteiger partial charge on any atom is 0.232 e. The fourth-order valence-electron chi connectivity index (χ4n) is 3.55. The van der Waals surface area contributed by atoms with Crippen LogP contribution in [0.5, 0.6) is 0 Å². The van der Waals surface area contributed by atoms with Crippen molar-refractivity contribution in [3.8, 4) is 0 Å². The van der Waals surface area contributed by atoms with Gasteiger partial charge in [-0.25, -0.2) is 0 Å². The van der Waals surface area contributed by atoms with Gasteiger partial charge in [-0.2, -0.15) is 15.0 Å². The molecular weight excluding hydrogens is 312 g/mol. The van der Waals surface area contributed by atoms with Gasteiger partial charge < -0.3 is 11.1 Å². The first-order valence-electron chi connectivity index (χ1n) is 9.29. The lowest BCUT2D eigenvalue weighted by Crippen LogP contribution is -2.39. The summed E-state index contributed by atoms with van der Waals surface area (Å²) in [5.74, 6) is 1.53. The number of para-hydroxylation sites is 1. The van der Waals surface area contributed by atoms with Gasteiger partial charge in [0.15, 0.2) is 0 Å². The van der Waals surface area contributed by atoms with Crippen molar-refractivity contribution in [1.29, 1.82) is 0 Å². The molecular formula is C19H28N6. The van der Waals surface area contributed by atoms with E-state index in [1.54, 1.807) is 0 Å². The summed E-state index contributed by atoms with van der Waals surface area (Å²) in [5.41, 5.74) is 8.18. The molecule has 6 heteroatoms. The third-order valence-electron chi connectivity index (χ3n) is 4.91. The average Bonchev–Trinajstić information content (AvgIpc) is 2.62. The molecule has 2 heterocycles. The number of benzene rings is 1. The highest BCUT2D eigenvalue weighted by Crippen LogP contribution is 2.22. The third kappa shape index (κ3) is 4.45. The highest BCUT2D eigenvalue weighted by Gasteiger charge is 2.22. The van der Waals surface area contributed by atoms with Crippen LogP contribution >= 0.6 is 0 Å². The summed E-state index contributed by atoms with van der Waals surface area (Å²) in [7, 11) is 0. The molecule has 134 valence electrons. The molecule has 1 aliphatic heterocycles. The summed E-state index contributed by atoms with van der Waals surface area (Å²) < 4.78 is 0. The first kappa shape index (κ1) is 17.6. The van der Waals surface area contributed by atoms with Gasteiger partial charge in [0.1, 0.15) is 5.82 Å². The zero-order valence-electron chi connectivity index (χ0n) is 15.2. The Labute approximate surface area is 149 Å². The van der Waals surface area contributed by atoms with Crippen molar-refractivity contribution in [2.24, 2.45) is 0 Å². The van der Waals surface area contributed by atoms with Crippen molar-refractivity contribution in [2.75, 3.05) is 17.6 Å². The topological polar surface area (TPSA) is 80.0 Å². The Morgan fingerprint density at radius 3 is 2.80 bits per heavy atom. The molecule has 1 atom stereocenters. The van der Waals surface area contributed by atoms with Crippen molar-refractivity contribution in [3.05, 3.63) is 35.7 Å². The molecule has 0 aliphatic carbocycles. The van der Waals surface area contributed by atoms with Crippen LogP contribution in [0.15, 0.2) is 24.3 Å². The van der Waals surface area contributed by atoms with Crippen molar-refractivity contribution < 1.29 is 0 Å². The molecule has 0 spiro atoms. The van der Waals surface area contributed by atoms with E-state index in [0.29, 0.717) is 12.0 Å². The number of nitrogens with two attached hydrogens (primary N) is 1. The van der Waals surface area contributed by atoms with E-state index in [9.17, 15) is 0 Å². The standard InChI is InChI=1S/C19H28N6/c1-3-14-9-5-6-11-16(14)21-19-23-17(22-18(20)24-19)13-25-12-8-7-10-15(25)4-2/h5-6,9,11,15H,3-4,7-8,10,12-13H2,1-2H3,(H3,20,21,22,23,24). The number of rotatable bonds is 6. The molecule has 0 amide bonds. The second kappa shape index (κ2) is 8.25. The van der Waals surface area contributed by atoms with E-state index >= 15 is 0 Å². The Balaban J connectivity index is 1.78. The average molecular weight is 340 g/mol. The lowest BCUT2D eigenvalue weighted by atomic mass is 10.0. The van der Waals surface area contributed by atoms with Crippen LogP contribution < -0.4 is 11.1 Å². The van der Waals surface area contributed by atoms with E-state index in [1.807, 2.05) is 18.2 Å². The number of anilines is 3. The van der Waals surface area contributed by atoms with E-state index in [-0.39, 0.29) is 5.95 Å². The number of nitrogen functional groups attached to an aromatic ring is 1. The molecule has 0 bridgehead atoms. The lowest BCUT2D eigenvalue weighted by molar-refractivity contribution is 0.132. The van der Waals surface area contributed by atoms with Gasteiger partial charge in [0, 0.05) is 11.7 Å². The number of hydrogen-bond acceptors (Lipinski definition) is 6. The van der Waals surface area contributed by atoms with Crippen molar-refractivity contribution >= 4 is 17.6 Å². The van der Waals surface area contributed by atoms with Gasteiger partial charge in [-0.15, -0.1) is 0 Å². The van der Waals surface area contributed by atoms with Crippen molar-refractivity contribution in [1.82, 2.24) is 19.9 Å². The fraction of sp³-hybridized carbons (Fsp3) is 0.526. The van der Waals surface area contributed by atoms with E-state index in [1.165, 1.54) is 24.8 Å². The molecule has 3 N–H and O–H groups in total. The molecule has 2 aromatic rings. The summed E-state index contributed by atoms with van der Waals surface area (Å²) in [6, 6.07) is 8.80. The van der Waals surface area contributed by atoms with Gasteiger partial charge in [-0.3, -0.25) is 4.90 Å². The van der Waals surface area contributed by atoms with Crippen LogP contribution in [0.1, 0.15) is 50.9 Å². The summed E-state index contributed by atoms with van der Waals surface area (Å²) in [5, 5.41) is 3.31. The molecule has 1 fully saturated rings. The van der Waals surface area contributed by atoms with Gasteiger partial charge in [0.05, 0.1) is 6.54 Å². The van der Waals surface area contributed by atoms with Crippen molar-refractivity contribution in [3.63, 3.8) is 0 Å². The molecule has 1 saturated heterocycles. The minimum absolute atomic E-state index is 0.270. The molecule has 1 aromatic carbocycles. The maximum absolute atomic E-state index is 5.94. The minimum atomic E-state index is 0.270. The third-order valence-corrected chi connectivity index (χ3v) is 4.91. The Bertz CT molecular complexity index is 702. The number of likely N-dealkylation sites (tertiary alicyclic amines) is 1. The number of piperidine rings is 1. The number of nitrogens with zero attached hydrogens (tertiary/aromatic N) is 4. The highest BCUT2D eigenvalue weighted by atomic mass is 15.2. The molecule has 25 heavy (non-hydrogen) atoms. The van der Waals surface area contributed by atoms with Gasteiger partial charge in [0.25, 0.3) is 0 Å². The SMILES string of the molecule is CCc1ccccc1Nc1nc(N)nc(CN2CCCCC2CC)n1. The zero-order chi connectivity index (χ0) is 17.6. The van der Waals surface area contributed by atoms with Crippen LogP contribution in [0, 0.1) is 0 Å². The Kier molecular flexibility index (Phi) is 5.81.